The maximum Gasteiger partial charge on any atom is 0.221 e. The molecule has 0 radical (unpaired) electrons. The van der Waals surface area contributed by atoms with E-state index in [0.717, 1.165) is 25.1 Å². The number of aliphatic hydroxyl groups excluding tert-OH is 3. The number of hydrogen-bond acceptors (Lipinski definition) is 13. The number of carbonyl (C=O) groups is 1. The molecule has 0 saturated heterocycles. The molecule has 0 spiro atoms. The molecule has 0 aromatic rings. The van der Waals surface area contributed by atoms with Gasteiger partial charge in [0.25, 0.3) is 0 Å². The SMILES string of the molecule is CN[C@@H](C)[C@@H](O)[C@H](OCCO)O[C@@H]1[C@@H](O)[C@H](O[C@@H]2CCC=C(CNCCC(N)C3CC3)O2)[C@@H](N)C[C@H]1NC(=O)CCN. The highest BCUT2D eigenvalue weighted by Gasteiger charge is 2.48. The average molecular weight is 603 g/mol. The van der Waals surface area contributed by atoms with Crippen molar-refractivity contribution in [3.63, 3.8) is 0 Å². The molecule has 0 bridgehead atoms. The van der Waals surface area contributed by atoms with Crippen LogP contribution in [0.2, 0.25) is 0 Å². The first kappa shape index (κ1) is 35.1. The highest BCUT2D eigenvalue weighted by Crippen LogP contribution is 2.33. The molecule has 3 aliphatic rings. The minimum Gasteiger partial charge on any atom is -0.468 e. The molecule has 244 valence electrons. The number of hydrogen-bond donors (Lipinski definition) is 9. The molecule has 14 heteroatoms. The number of aliphatic hydroxyl groups is 3. The number of likely N-dealkylation sites (N-methyl/N-ethyl adjacent to an activating group) is 1. The molecule has 0 aromatic heterocycles. The Morgan fingerprint density at radius 3 is 2.69 bits per heavy atom. The fourth-order valence-corrected chi connectivity index (χ4v) is 5.38. The Morgan fingerprint density at radius 2 is 2.02 bits per heavy atom. The summed E-state index contributed by atoms with van der Waals surface area (Å²) >= 11 is 0. The Morgan fingerprint density at radius 1 is 1.26 bits per heavy atom. The van der Waals surface area contributed by atoms with Crippen molar-refractivity contribution < 1.29 is 39.1 Å². The van der Waals surface area contributed by atoms with Crippen LogP contribution in [-0.4, -0.2) is 122 Å². The van der Waals surface area contributed by atoms with Crippen LogP contribution in [0.3, 0.4) is 0 Å². The topological polar surface area (TPSA) is 229 Å². The Labute approximate surface area is 249 Å². The zero-order valence-electron chi connectivity index (χ0n) is 25.0. The van der Waals surface area contributed by atoms with Gasteiger partial charge < -0.3 is 67.4 Å². The van der Waals surface area contributed by atoms with Crippen LogP contribution in [0.25, 0.3) is 0 Å². The lowest BCUT2D eigenvalue weighted by atomic mass is 9.83. The largest absolute Gasteiger partial charge is 0.468 e. The van der Waals surface area contributed by atoms with Gasteiger partial charge in [-0.25, -0.2) is 0 Å². The highest BCUT2D eigenvalue weighted by molar-refractivity contribution is 5.76. The molecule has 1 amide bonds. The summed E-state index contributed by atoms with van der Waals surface area (Å²) < 4.78 is 24.1. The smallest absolute Gasteiger partial charge is 0.221 e. The molecule has 2 aliphatic carbocycles. The number of amides is 1. The van der Waals surface area contributed by atoms with E-state index in [4.69, 9.17) is 36.1 Å². The first-order chi connectivity index (χ1) is 20.2. The average Bonchev–Trinajstić information content (AvgIpc) is 3.82. The molecule has 12 N–H and O–H groups in total. The van der Waals surface area contributed by atoms with Crippen LogP contribution in [0.15, 0.2) is 11.8 Å². The van der Waals surface area contributed by atoms with Gasteiger partial charge in [0.1, 0.15) is 30.2 Å². The molecule has 3 rings (SSSR count). The van der Waals surface area contributed by atoms with Gasteiger partial charge in [-0.3, -0.25) is 4.79 Å². The summed E-state index contributed by atoms with van der Waals surface area (Å²) in [6.45, 7) is 2.84. The first-order valence-electron chi connectivity index (χ1n) is 15.3. The Bertz CT molecular complexity index is 836. The lowest BCUT2D eigenvalue weighted by molar-refractivity contribution is -0.271. The standard InChI is InChI=1S/C28H54N6O8/c1-16(32-2)24(37)28(39-13-12-35)42-27-21(34-22(36)8-10-29)14-20(31)26(25(27)38)41-23-5-3-4-18(40-23)15-33-11-9-19(30)17-6-7-17/h4,16-17,19-21,23-28,32-33,35,37-38H,3,5-15,29-31H2,1-2H3,(H,34,36)/t16-,19?,20-,21+,23+,24+,25-,26+,27-,28+/m0/s1. The molecule has 1 heterocycles. The summed E-state index contributed by atoms with van der Waals surface area (Å²) in [6, 6.07) is -1.56. The molecule has 2 saturated carbocycles. The number of nitrogens with one attached hydrogen (secondary N) is 3. The van der Waals surface area contributed by atoms with Gasteiger partial charge in [-0.1, -0.05) is 0 Å². The second-order valence-corrected chi connectivity index (χ2v) is 11.6. The van der Waals surface area contributed by atoms with E-state index in [1.165, 1.54) is 12.8 Å². The van der Waals surface area contributed by atoms with E-state index in [2.05, 4.69) is 16.0 Å². The zero-order chi connectivity index (χ0) is 30.6. The van der Waals surface area contributed by atoms with Crippen molar-refractivity contribution in [1.29, 1.82) is 0 Å². The highest BCUT2D eigenvalue weighted by atomic mass is 16.7. The van der Waals surface area contributed by atoms with Crippen molar-refractivity contribution in [1.82, 2.24) is 16.0 Å². The summed E-state index contributed by atoms with van der Waals surface area (Å²) in [6.07, 6.45) is 0.787. The zero-order valence-corrected chi connectivity index (χ0v) is 25.0. The third-order valence-corrected chi connectivity index (χ3v) is 8.19. The summed E-state index contributed by atoms with van der Waals surface area (Å²) in [5.41, 5.74) is 18.2. The summed E-state index contributed by atoms with van der Waals surface area (Å²) in [5.74, 6) is 1.10. The quantitative estimate of drug-likeness (QED) is 0.0561. The van der Waals surface area contributed by atoms with Crippen molar-refractivity contribution in [2.24, 2.45) is 23.1 Å². The molecular formula is C28H54N6O8. The molecule has 2 fully saturated rings. The van der Waals surface area contributed by atoms with Crippen LogP contribution in [0.5, 0.6) is 0 Å². The van der Waals surface area contributed by atoms with E-state index in [9.17, 15) is 20.1 Å². The van der Waals surface area contributed by atoms with Crippen LogP contribution in [0, 0.1) is 5.92 Å². The third kappa shape index (κ3) is 10.6. The van der Waals surface area contributed by atoms with Gasteiger partial charge in [0.15, 0.2) is 12.6 Å². The number of carbonyl (C=O) groups excluding carboxylic acids is 1. The number of ether oxygens (including phenoxy) is 4. The van der Waals surface area contributed by atoms with Crippen molar-refractivity contribution in [2.45, 2.75) is 113 Å². The van der Waals surface area contributed by atoms with Crippen molar-refractivity contribution in [3.8, 4) is 0 Å². The lowest BCUT2D eigenvalue weighted by Gasteiger charge is -2.46. The predicted octanol–water partition coefficient (Wildman–Crippen LogP) is -2.28. The van der Waals surface area contributed by atoms with Gasteiger partial charge in [0, 0.05) is 37.5 Å². The minimum absolute atomic E-state index is 0.0872. The van der Waals surface area contributed by atoms with Crippen LogP contribution >= 0.6 is 0 Å². The second-order valence-electron chi connectivity index (χ2n) is 11.6. The van der Waals surface area contributed by atoms with Crippen molar-refractivity contribution in [2.75, 3.05) is 39.9 Å². The number of rotatable bonds is 19. The molecule has 14 nitrogen and oxygen atoms in total. The summed E-state index contributed by atoms with van der Waals surface area (Å²) in [7, 11) is 1.68. The van der Waals surface area contributed by atoms with E-state index < -0.39 is 55.1 Å². The maximum absolute atomic E-state index is 12.5. The second kappa shape index (κ2) is 17.8. The fraction of sp³-hybridized carbons (Fsp3) is 0.893. The normalized spacial score (nSPS) is 31.0. The van der Waals surface area contributed by atoms with Gasteiger partial charge in [0.2, 0.25) is 5.91 Å². The van der Waals surface area contributed by atoms with E-state index in [0.29, 0.717) is 18.9 Å². The number of allylic oxidation sites excluding steroid dienone is 1. The van der Waals surface area contributed by atoms with E-state index in [1.54, 1.807) is 14.0 Å². The molecule has 10 atom stereocenters. The Hall–Kier alpha value is -1.43. The van der Waals surface area contributed by atoms with Crippen LogP contribution in [0.1, 0.15) is 51.9 Å². The molecular weight excluding hydrogens is 548 g/mol. The molecule has 0 aromatic carbocycles. The predicted molar refractivity (Wildman–Crippen MR) is 156 cm³/mol. The number of nitrogens with two attached hydrogens (primary N) is 3. The molecule has 42 heavy (non-hydrogen) atoms. The fourth-order valence-electron chi connectivity index (χ4n) is 5.38. The third-order valence-electron chi connectivity index (χ3n) is 8.19. The van der Waals surface area contributed by atoms with Crippen molar-refractivity contribution >= 4 is 5.91 Å². The monoisotopic (exact) mass is 602 g/mol. The van der Waals surface area contributed by atoms with E-state index in [-0.39, 0.29) is 44.5 Å². The Kier molecular flexibility index (Phi) is 14.8. The molecule has 1 unspecified atom stereocenters. The van der Waals surface area contributed by atoms with Crippen molar-refractivity contribution in [3.05, 3.63) is 11.8 Å². The molecule has 1 aliphatic heterocycles. The van der Waals surface area contributed by atoms with Gasteiger partial charge in [0.05, 0.1) is 25.8 Å². The van der Waals surface area contributed by atoms with Crippen LogP contribution in [0.4, 0.5) is 0 Å². The Balaban J connectivity index is 1.65. The van der Waals surface area contributed by atoms with Crippen LogP contribution < -0.4 is 33.2 Å². The lowest BCUT2D eigenvalue weighted by Crippen LogP contribution is -2.66. The summed E-state index contributed by atoms with van der Waals surface area (Å²) in [5, 5.41) is 40.9. The van der Waals surface area contributed by atoms with Gasteiger partial charge >= 0.3 is 0 Å². The van der Waals surface area contributed by atoms with Gasteiger partial charge in [-0.05, 0) is 64.6 Å². The van der Waals surface area contributed by atoms with E-state index in [1.807, 2.05) is 6.08 Å². The maximum atomic E-state index is 12.5. The van der Waals surface area contributed by atoms with Gasteiger partial charge in [-0.2, -0.15) is 0 Å². The van der Waals surface area contributed by atoms with Gasteiger partial charge in [-0.15, -0.1) is 0 Å². The first-order valence-corrected chi connectivity index (χ1v) is 15.3. The minimum atomic E-state index is -1.30. The van der Waals surface area contributed by atoms with Crippen LogP contribution in [-0.2, 0) is 23.7 Å². The van der Waals surface area contributed by atoms with E-state index >= 15 is 0 Å². The summed E-state index contributed by atoms with van der Waals surface area (Å²) in [4.78, 5) is 12.5.